The van der Waals surface area contributed by atoms with Crippen molar-refractivity contribution >= 4 is 6.29 Å². The summed E-state index contributed by atoms with van der Waals surface area (Å²) in [5, 5.41) is 8.48. The van der Waals surface area contributed by atoms with Crippen LogP contribution in [0.2, 0.25) is 0 Å². The number of benzene rings is 1. The molecule has 0 saturated carbocycles. The first-order valence-electron chi connectivity index (χ1n) is 3.34. The van der Waals surface area contributed by atoms with E-state index in [4.69, 9.17) is 5.26 Å². The molecule has 0 fully saturated rings. The molecule has 1 aromatic rings. The number of aryl methyl sites for hydroxylation is 1. The number of carbonyl (C=O) groups is 1. The molecule has 0 saturated heterocycles. The van der Waals surface area contributed by atoms with Gasteiger partial charge in [-0.25, -0.2) is 4.39 Å². The molecule has 2 nitrogen and oxygen atoms in total. The second kappa shape index (κ2) is 3.14. The number of aldehydes is 1. The molecule has 60 valence electrons. The fourth-order valence-electron chi connectivity index (χ4n) is 0.980. The van der Waals surface area contributed by atoms with Crippen molar-refractivity contribution in [2.75, 3.05) is 0 Å². The van der Waals surface area contributed by atoms with Gasteiger partial charge in [-0.1, -0.05) is 0 Å². The predicted octanol–water partition coefficient (Wildman–Crippen LogP) is 1.82. The topological polar surface area (TPSA) is 40.9 Å². The Bertz CT molecular complexity index is 342. The minimum atomic E-state index is -0.639. The van der Waals surface area contributed by atoms with E-state index in [1.807, 2.05) is 0 Å². The van der Waals surface area contributed by atoms with E-state index < -0.39 is 5.82 Å². The van der Waals surface area contributed by atoms with Crippen LogP contribution in [0.1, 0.15) is 21.5 Å². The summed E-state index contributed by atoms with van der Waals surface area (Å²) in [6, 6.07) is 4.26. The lowest BCUT2D eigenvalue weighted by Gasteiger charge is -1.98. The van der Waals surface area contributed by atoms with E-state index in [1.54, 1.807) is 13.0 Å². The van der Waals surface area contributed by atoms with Crippen molar-refractivity contribution in [2.24, 2.45) is 0 Å². The maximum absolute atomic E-state index is 12.9. The lowest BCUT2D eigenvalue weighted by atomic mass is 10.1. The van der Waals surface area contributed by atoms with Crippen molar-refractivity contribution in [1.29, 1.82) is 5.26 Å². The van der Waals surface area contributed by atoms with Gasteiger partial charge >= 0.3 is 0 Å². The largest absolute Gasteiger partial charge is 0.298 e. The Morgan fingerprint density at radius 3 is 2.67 bits per heavy atom. The van der Waals surface area contributed by atoms with E-state index in [9.17, 15) is 9.18 Å². The van der Waals surface area contributed by atoms with Gasteiger partial charge in [0, 0.05) is 5.56 Å². The van der Waals surface area contributed by atoms with Crippen molar-refractivity contribution in [3.8, 4) is 6.07 Å². The number of nitrogens with zero attached hydrogens (tertiary/aromatic N) is 1. The monoisotopic (exact) mass is 163 g/mol. The highest BCUT2D eigenvalue weighted by molar-refractivity contribution is 5.75. The van der Waals surface area contributed by atoms with Gasteiger partial charge in [0.25, 0.3) is 0 Å². The lowest BCUT2D eigenvalue weighted by Crippen LogP contribution is -1.92. The maximum Gasteiger partial charge on any atom is 0.150 e. The molecular weight excluding hydrogens is 157 g/mol. The molecule has 0 aromatic heterocycles. The molecule has 0 radical (unpaired) electrons. The van der Waals surface area contributed by atoms with E-state index in [-0.39, 0.29) is 11.1 Å². The van der Waals surface area contributed by atoms with Crippen LogP contribution in [0.4, 0.5) is 4.39 Å². The van der Waals surface area contributed by atoms with Crippen molar-refractivity contribution < 1.29 is 9.18 Å². The van der Waals surface area contributed by atoms with E-state index in [0.717, 1.165) is 6.07 Å². The van der Waals surface area contributed by atoms with Crippen LogP contribution in [0.3, 0.4) is 0 Å². The minimum Gasteiger partial charge on any atom is -0.298 e. The van der Waals surface area contributed by atoms with E-state index >= 15 is 0 Å². The van der Waals surface area contributed by atoms with Gasteiger partial charge in [-0.15, -0.1) is 0 Å². The molecule has 0 heterocycles. The smallest absolute Gasteiger partial charge is 0.150 e. The molecule has 0 aliphatic rings. The minimum absolute atomic E-state index is 0.000556. The Balaban J connectivity index is 3.39. The zero-order chi connectivity index (χ0) is 9.14. The summed E-state index contributed by atoms with van der Waals surface area (Å²) in [6.45, 7) is 1.59. The maximum atomic E-state index is 12.9. The molecule has 0 atom stereocenters. The molecule has 0 aliphatic heterocycles. The number of rotatable bonds is 1. The molecular formula is C9H6FNO. The Labute approximate surface area is 69.2 Å². The number of nitriles is 1. The molecule has 0 spiro atoms. The SMILES string of the molecule is Cc1cc(C=O)cc(F)c1C#N. The fourth-order valence-corrected chi connectivity index (χ4v) is 0.980. The number of hydrogen-bond acceptors (Lipinski definition) is 2. The molecule has 0 N–H and O–H groups in total. The number of hydrogen-bond donors (Lipinski definition) is 0. The predicted molar refractivity (Wildman–Crippen MR) is 41.2 cm³/mol. The van der Waals surface area contributed by atoms with Crippen LogP contribution in [-0.2, 0) is 0 Å². The van der Waals surface area contributed by atoms with Crippen LogP contribution in [0.25, 0.3) is 0 Å². The third-order valence-corrected chi connectivity index (χ3v) is 1.56. The highest BCUT2D eigenvalue weighted by Gasteiger charge is 2.06. The average Bonchev–Trinajstić information content (AvgIpc) is 2.03. The summed E-state index contributed by atoms with van der Waals surface area (Å²) in [6.07, 6.45) is 0.553. The van der Waals surface area contributed by atoms with Crippen LogP contribution < -0.4 is 0 Å². The van der Waals surface area contributed by atoms with Crippen molar-refractivity contribution in [3.05, 3.63) is 34.6 Å². The Morgan fingerprint density at radius 2 is 2.25 bits per heavy atom. The van der Waals surface area contributed by atoms with E-state index in [1.165, 1.54) is 6.07 Å². The van der Waals surface area contributed by atoms with Gasteiger partial charge in [0.1, 0.15) is 18.2 Å². The van der Waals surface area contributed by atoms with Crippen LogP contribution in [0.15, 0.2) is 12.1 Å². The second-order valence-electron chi connectivity index (χ2n) is 2.42. The Hall–Kier alpha value is -1.69. The van der Waals surface area contributed by atoms with E-state index in [2.05, 4.69) is 0 Å². The second-order valence-corrected chi connectivity index (χ2v) is 2.42. The van der Waals surface area contributed by atoms with Gasteiger partial charge in [-0.3, -0.25) is 4.79 Å². The Morgan fingerprint density at radius 1 is 1.58 bits per heavy atom. The molecule has 0 aliphatic carbocycles. The summed E-state index contributed by atoms with van der Waals surface area (Å²) in [4.78, 5) is 10.3. The molecule has 1 rings (SSSR count). The quantitative estimate of drug-likeness (QED) is 0.592. The van der Waals surface area contributed by atoms with Crippen molar-refractivity contribution in [3.63, 3.8) is 0 Å². The van der Waals surface area contributed by atoms with E-state index in [0.29, 0.717) is 11.8 Å². The number of halogens is 1. The summed E-state index contributed by atoms with van der Waals surface area (Å²) < 4.78 is 12.9. The molecule has 0 bridgehead atoms. The van der Waals surface area contributed by atoms with Gasteiger partial charge in [0.15, 0.2) is 0 Å². The van der Waals surface area contributed by atoms with Gasteiger partial charge in [-0.2, -0.15) is 5.26 Å². The standard InChI is InChI=1S/C9H6FNO/c1-6-2-7(5-12)3-9(10)8(6)4-11/h2-3,5H,1H3. The summed E-state index contributed by atoms with van der Waals surface area (Å²) in [7, 11) is 0. The zero-order valence-corrected chi connectivity index (χ0v) is 6.47. The lowest BCUT2D eigenvalue weighted by molar-refractivity contribution is 0.112. The molecule has 0 unspecified atom stereocenters. The first-order chi connectivity index (χ1) is 5.69. The molecule has 3 heteroatoms. The van der Waals surface area contributed by atoms with Gasteiger partial charge in [0.2, 0.25) is 0 Å². The summed E-state index contributed by atoms with van der Waals surface area (Å²) >= 11 is 0. The Kier molecular flexibility index (Phi) is 2.20. The molecule has 12 heavy (non-hydrogen) atoms. The van der Waals surface area contributed by atoms with Gasteiger partial charge in [-0.05, 0) is 24.6 Å². The van der Waals surface area contributed by atoms with Crippen LogP contribution in [-0.4, -0.2) is 6.29 Å². The zero-order valence-electron chi connectivity index (χ0n) is 6.47. The first kappa shape index (κ1) is 8.41. The highest BCUT2D eigenvalue weighted by atomic mass is 19.1. The summed E-state index contributed by atoms with van der Waals surface area (Å²) in [5.74, 6) is -0.639. The third-order valence-electron chi connectivity index (χ3n) is 1.56. The fraction of sp³-hybridized carbons (Fsp3) is 0.111. The van der Waals surface area contributed by atoms with Gasteiger partial charge in [0.05, 0.1) is 5.56 Å². The first-order valence-corrected chi connectivity index (χ1v) is 3.34. The van der Waals surface area contributed by atoms with Crippen LogP contribution in [0, 0.1) is 24.1 Å². The number of carbonyl (C=O) groups excluding carboxylic acids is 1. The summed E-state index contributed by atoms with van der Waals surface area (Å²) in [5.41, 5.74) is 0.740. The highest BCUT2D eigenvalue weighted by Crippen LogP contribution is 2.13. The molecule has 0 amide bonds. The van der Waals surface area contributed by atoms with Crippen molar-refractivity contribution in [1.82, 2.24) is 0 Å². The van der Waals surface area contributed by atoms with Crippen LogP contribution in [0.5, 0.6) is 0 Å². The van der Waals surface area contributed by atoms with Gasteiger partial charge < -0.3 is 0 Å². The molecule has 1 aromatic carbocycles. The third kappa shape index (κ3) is 1.32. The van der Waals surface area contributed by atoms with Crippen molar-refractivity contribution in [2.45, 2.75) is 6.92 Å². The average molecular weight is 163 g/mol. The normalized spacial score (nSPS) is 9.08. The van der Waals surface area contributed by atoms with Crippen LogP contribution >= 0.6 is 0 Å².